The number of rotatable bonds is 6. The van der Waals surface area contributed by atoms with E-state index in [1.165, 1.54) is 0 Å². The first-order valence-corrected chi connectivity index (χ1v) is 15.0. The van der Waals surface area contributed by atoms with E-state index in [0.717, 1.165) is 60.0 Å². The Labute approximate surface area is 263 Å². The molecular weight excluding hydrogens is 641 g/mol. The molecule has 6 heteroatoms. The maximum Gasteiger partial charge on any atom is 0.160 e. The van der Waals surface area contributed by atoms with Crippen molar-refractivity contribution in [2.24, 2.45) is 0 Å². The van der Waals surface area contributed by atoms with Crippen LogP contribution in [0, 0.1) is 3.57 Å². The quantitative estimate of drug-likeness (QED) is 0.166. The lowest BCUT2D eigenvalue weighted by Gasteiger charge is -2.12. The molecule has 4 aromatic carbocycles. The fourth-order valence-corrected chi connectivity index (χ4v) is 5.45. The monoisotopic (exact) mass is 665 g/mol. The first kappa shape index (κ1) is 26.8. The lowest BCUT2D eigenvalue weighted by molar-refractivity contribution is 1.14. The van der Waals surface area contributed by atoms with E-state index in [4.69, 9.17) is 24.9 Å². The van der Waals surface area contributed by atoms with Crippen LogP contribution in [0.1, 0.15) is 0 Å². The van der Waals surface area contributed by atoms with Crippen molar-refractivity contribution in [3.05, 3.63) is 149 Å². The van der Waals surface area contributed by atoms with Gasteiger partial charge in [0, 0.05) is 25.8 Å². The highest BCUT2D eigenvalue weighted by atomic mass is 127. The van der Waals surface area contributed by atoms with E-state index in [0.29, 0.717) is 11.6 Å². The van der Waals surface area contributed by atoms with Gasteiger partial charge >= 0.3 is 0 Å². The molecule has 0 aliphatic carbocycles. The summed E-state index contributed by atoms with van der Waals surface area (Å²) in [5.74, 6) is 1.30. The molecule has 43 heavy (non-hydrogen) atoms. The second-order valence-corrected chi connectivity index (χ2v) is 11.2. The van der Waals surface area contributed by atoms with Crippen LogP contribution < -0.4 is 0 Å². The van der Waals surface area contributed by atoms with Crippen molar-refractivity contribution in [1.82, 2.24) is 24.9 Å². The van der Waals surface area contributed by atoms with E-state index in [1.54, 1.807) is 0 Å². The molecule has 0 unspecified atom stereocenters. The predicted molar refractivity (Wildman–Crippen MR) is 181 cm³/mol. The standard InChI is InChI=1S/C37H24IN5/c38-29-21-32(34-23-30(25-13-5-1-6-14-25)40-36(42-34)27-17-9-3-10-18-27)39-33(22-29)35-24-31(26-15-7-2-8-16-26)41-37(43-35)28-19-11-4-12-20-28/h1-24H. The molecule has 0 radical (unpaired) electrons. The number of aromatic nitrogens is 5. The summed E-state index contributed by atoms with van der Waals surface area (Å²) < 4.78 is 1.03. The molecule has 0 bridgehead atoms. The molecule has 0 fully saturated rings. The fourth-order valence-electron chi connectivity index (χ4n) is 4.86. The Bertz CT molecular complexity index is 1760. The molecule has 0 N–H and O–H groups in total. The van der Waals surface area contributed by atoms with Crippen molar-refractivity contribution >= 4 is 22.6 Å². The smallest absolute Gasteiger partial charge is 0.160 e. The molecule has 0 spiro atoms. The Balaban J connectivity index is 1.40. The molecule has 0 amide bonds. The van der Waals surface area contributed by atoms with Crippen molar-refractivity contribution in [3.8, 4) is 68.1 Å². The van der Waals surface area contributed by atoms with Crippen molar-refractivity contribution in [2.75, 3.05) is 0 Å². The Kier molecular flexibility index (Phi) is 7.50. The maximum absolute atomic E-state index is 5.13. The maximum atomic E-state index is 5.13. The van der Waals surface area contributed by atoms with Gasteiger partial charge in [0.1, 0.15) is 0 Å². The largest absolute Gasteiger partial charge is 0.244 e. The van der Waals surface area contributed by atoms with Gasteiger partial charge in [0.25, 0.3) is 0 Å². The molecule has 3 aromatic heterocycles. The van der Waals surface area contributed by atoms with Gasteiger partial charge in [-0.2, -0.15) is 0 Å². The summed E-state index contributed by atoms with van der Waals surface area (Å²) in [7, 11) is 0. The summed E-state index contributed by atoms with van der Waals surface area (Å²) in [5.41, 5.74) is 8.60. The number of pyridine rings is 1. The number of hydrogen-bond acceptors (Lipinski definition) is 5. The van der Waals surface area contributed by atoms with Gasteiger partial charge < -0.3 is 0 Å². The summed E-state index contributed by atoms with van der Waals surface area (Å²) in [4.78, 5) is 25.0. The summed E-state index contributed by atoms with van der Waals surface area (Å²) >= 11 is 2.34. The molecule has 0 aliphatic rings. The second kappa shape index (κ2) is 12.0. The highest BCUT2D eigenvalue weighted by molar-refractivity contribution is 14.1. The van der Waals surface area contributed by atoms with Crippen LogP contribution >= 0.6 is 22.6 Å². The van der Waals surface area contributed by atoms with Crippen molar-refractivity contribution in [1.29, 1.82) is 0 Å². The molecular formula is C37H24IN5. The van der Waals surface area contributed by atoms with Crippen molar-refractivity contribution < 1.29 is 0 Å². The van der Waals surface area contributed by atoms with Crippen LogP contribution in [0.3, 0.4) is 0 Å². The highest BCUT2D eigenvalue weighted by Crippen LogP contribution is 2.31. The third-order valence-corrected chi connectivity index (χ3v) is 7.59. The molecule has 204 valence electrons. The van der Waals surface area contributed by atoms with E-state index in [2.05, 4.69) is 46.9 Å². The van der Waals surface area contributed by atoms with E-state index in [1.807, 2.05) is 121 Å². The predicted octanol–water partition coefficient (Wildman–Crippen LogP) is 9.27. The third kappa shape index (κ3) is 5.96. The molecule has 3 heterocycles. The Morgan fingerprint density at radius 2 is 0.605 bits per heavy atom. The topological polar surface area (TPSA) is 64.5 Å². The van der Waals surface area contributed by atoms with Crippen LogP contribution in [0.4, 0.5) is 0 Å². The summed E-state index contributed by atoms with van der Waals surface area (Å²) in [6, 6.07) is 48.5. The van der Waals surface area contributed by atoms with E-state index < -0.39 is 0 Å². The van der Waals surface area contributed by atoms with Gasteiger partial charge in [0.15, 0.2) is 11.6 Å². The average Bonchev–Trinajstić information content (AvgIpc) is 3.09. The van der Waals surface area contributed by atoms with Crippen LogP contribution in [0.5, 0.6) is 0 Å². The number of nitrogens with zero attached hydrogens (tertiary/aromatic N) is 5. The normalized spacial score (nSPS) is 10.9. The van der Waals surface area contributed by atoms with Crippen molar-refractivity contribution in [2.45, 2.75) is 0 Å². The minimum Gasteiger partial charge on any atom is -0.244 e. The second-order valence-electron chi connectivity index (χ2n) is 9.94. The van der Waals surface area contributed by atoms with Gasteiger partial charge in [-0.25, -0.2) is 24.9 Å². The van der Waals surface area contributed by atoms with Crippen LogP contribution in [-0.4, -0.2) is 24.9 Å². The van der Waals surface area contributed by atoms with Gasteiger partial charge in [0.05, 0.1) is 34.2 Å². The summed E-state index contributed by atoms with van der Waals surface area (Å²) in [6.45, 7) is 0. The zero-order valence-electron chi connectivity index (χ0n) is 23.0. The first-order valence-electron chi connectivity index (χ1n) is 13.9. The van der Waals surface area contributed by atoms with E-state index in [-0.39, 0.29) is 0 Å². The minimum absolute atomic E-state index is 0.652. The lowest BCUT2D eigenvalue weighted by Crippen LogP contribution is -2.00. The Hall–Kier alpha value is -5.08. The minimum atomic E-state index is 0.652. The number of benzene rings is 4. The zero-order chi connectivity index (χ0) is 29.0. The zero-order valence-corrected chi connectivity index (χ0v) is 25.1. The lowest BCUT2D eigenvalue weighted by atomic mass is 10.1. The van der Waals surface area contributed by atoms with Gasteiger partial charge in [-0.05, 0) is 46.9 Å². The molecule has 0 aliphatic heterocycles. The molecule has 0 saturated heterocycles. The van der Waals surface area contributed by atoms with E-state index in [9.17, 15) is 0 Å². The van der Waals surface area contributed by atoms with Crippen molar-refractivity contribution in [3.63, 3.8) is 0 Å². The SMILES string of the molecule is Ic1cc(-c2cc(-c3ccccc3)nc(-c3ccccc3)n2)nc(-c2cc(-c3ccccc3)nc(-c3ccccc3)n2)c1. The molecule has 5 nitrogen and oxygen atoms in total. The van der Waals surface area contributed by atoms with Gasteiger partial charge in [-0.3, -0.25) is 0 Å². The van der Waals surface area contributed by atoms with Crippen LogP contribution in [-0.2, 0) is 0 Å². The molecule has 7 rings (SSSR count). The van der Waals surface area contributed by atoms with Crippen LogP contribution in [0.25, 0.3) is 68.1 Å². The Morgan fingerprint density at radius 3 is 0.977 bits per heavy atom. The third-order valence-electron chi connectivity index (χ3n) is 6.97. The highest BCUT2D eigenvalue weighted by Gasteiger charge is 2.16. The Morgan fingerprint density at radius 1 is 0.302 bits per heavy atom. The van der Waals surface area contributed by atoms with Gasteiger partial charge in [-0.15, -0.1) is 0 Å². The van der Waals surface area contributed by atoms with Crippen LogP contribution in [0.2, 0.25) is 0 Å². The molecule has 0 saturated carbocycles. The van der Waals surface area contributed by atoms with Gasteiger partial charge in [0.2, 0.25) is 0 Å². The first-order chi connectivity index (χ1) is 21.2. The van der Waals surface area contributed by atoms with Gasteiger partial charge in [-0.1, -0.05) is 121 Å². The summed E-state index contributed by atoms with van der Waals surface area (Å²) in [6.07, 6.45) is 0. The molecule has 0 atom stereocenters. The fraction of sp³-hybridized carbons (Fsp3) is 0. The van der Waals surface area contributed by atoms with Crippen LogP contribution in [0.15, 0.2) is 146 Å². The average molecular weight is 666 g/mol. The molecule has 7 aromatic rings. The van der Waals surface area contributed by atoms with E-state index >= 15 is 0 Å². The number of halogens is 1. The number of hydrogen-bond donors (Lipinski definition) is 0. The summed E-state index contributed by atoms with van der Waals surface area (Å²) in [5, 5.41) is 0.